The molecule has 2 aromatic heterocycles. The monoisotopic (exact) mass is 272 g/mol. The Balaban J connectivity index is 2.71. The average molecular weight is 272 g/mol. The minimum atomic E-state index is -2.96. The molecule has 0 aliphatic carbocycles. The maximum atomic E-state index is 12.5. The van der Waals surface area contributed by atoms with Gasteiger partial charge in [0.2, 0.25) is 5.71 Å². The second kappa shape index (κ2) is 5.27. The van der Waals surface area contributed by atoms with Crippen molar-refractivity contribution in [1.82, 2.24) is 9.97 Å². The van der Waals surface area contributed by atoms with Crippen molar-refractivity contribution < 1.29 is 17.9 Å². The van der Waals surface area contributed by atoms with Gasteiger partial charge in [-0.25, -0.2) is 13.6 Å². The number of hydrogen-bond donors (Lipinski definition) is 1. The van der Waals surface area contributed by atoms with Crippen molar-refractivity contribution in [2.45, 2.75) is 20.0 Å². The summed E-state index contributed by atoms with van der Waals surface area (Å²) in [5, 5.41) is -0.0579. The molecule has 0 unspecified atom stereocenters. The zero-order valence-corrected chi connectivity index (χ0v) is 9.91. The first-order chi connectivity index (χ1) is 9.02. The van der Waals surface area contributed by atoms with Crippen LogP contribution in [0.1, 0.15) is 24.7 Å². The number of fused-ring (bicyclic) bond motifs is 1. The highest BCUT2D eigenvalue weighted by atomic mass is 19.3. The smallest absolute Gasteiger partial charge is 0.337 e. The molecule has 2 heterocycles. The third-order valence-corrected chi connectivity index (χ3v) is 2.38. The fourth-order valence-electron chi connectivity index (χ4n) is 1.59. The van der Waals surface area contributed by atoms with E-state index in [4.69, 9.17) is 4.74 Å². The molecular formula is C11H10F2N2O4. The Hall–Kier alpha value is -2.09. The predicted octanol–water partition coefficient (Wildman–Crippen LogP) is 1.35. The zero-order valence-electron chi connectivity index (χ0n) is 9.91. The van der Waals surface area contributed by atoms with Crippen molar-refractivity contribution in [2.75, 3.05) is 6.61 Å². The van der Waals surface area contributed by atoms with Crippen LogP contribution in [0, 0.1) is 0 Å². The summed E-state index contributed by atoms with van der Waals surface area (Å²) >= 11 is 0. The molecule has 0 amide bonds. The molecule has 0 aliphatic heterocycles. The van der Waals surface area contributed by atoms with Gasteiger partial charge in [-0.2, -0.15) is 4.98 Å². The molecule has 0 aliphatic rings. The van der Waals surface area contributed by atoms with Crippen LogP contribution in [0.15, 0.2) is 20.1 Å². The Morgan fingerprint density at radius 2 is 2.21 bits per heavy atom. The molecule has 0 spiro atoms. The van der Waals surface area contributed by atoms with Crippen LogP contribution in [0.25, 0.3) is 11.1 Å². The van der Waals surface area contributed by atoms with Gasteiger partial charge < -0.3 is 14.1 Å². The van der Waals surface area contributed by atoms with Crippen LogP contribution in [0.2, 0.25) is 0 Å². The molecule has 102 valence electrons. The van der Waals surface area contributed by atoms with Gasteiger partial charge in [-0.1, -0.05) is 0 Å². The summed E-state index contributed by atoms with van der Waals surface area (Å²) in [6, 6.07) is 1.08. The van der Waals surface area contributed by atoms with Gasteiger partial charge in [0.05, 0.1) is 6.61 Å². The van der Waals surface area contributed by atoms with Gasteiger partial charge in [0.15, 0.2) is 5.82 Å². The number of ether oxygens (including phenoxy) is 1. The van der Waals surface area contributed by atoms with E-state index >= 15 is 0 Å². The summed E-state index contributed by atoms with van der Waals surface area (Å²) in [5.41, 5.74) is -1.73. The fourth-order valence-corrected chi connectivity index (χ4v) is 1.59. The Morgan fingerprint density at radius 3 is 2.84 bits per heavy atom. The third kappa shape index (κ3) is 2.68. The number of aromatic nitrogens is 2. The van der Waals surface area contributed by atoms with E-state index < -0.39 is 29.1 Å². The van der Waals surface area contributed by atoms with Gasteiger partial charge in [-0.3, -0.25) is 4.79 Å². The molecule has 19 heavy (non-hydrogen) atoms. The van der Waals surface area contributed by atoms with Gasteiger partial charge in [-0.15, -0.1) is 0 Å². The lowest BCUT2D eigenvalue weighted by Gasteiger charge is -2.05. The summed E-state index contributed by atoms with van der Waals surface area (Å²) in [5.74, 6) is -0.839. The van der Waals surface area contributed by atoms with E-state index in [2.05, 4.69) is 9.40 Å². The predicted molar refractivity (Wildman–Crippen MR) is 61.2 cm³/mol. The average Bonchev–Trinajstić information content (AvgIpc) is 2.34. The number of hydrogen-bond acceptors (Lipinski definition) is 5. The topological polar surface area (TPSA) is 85.2 Å². The first-order valence-corrected chi connectivity index (χ1v) is 5.45. The van der Waals surface area contributed by atoms with Gasteiger partial charge in [-0.05, 0) is 6.92 Å². The van der Waals surface area contributed by atoms with Gasteiger partial charge in [0.25, 0.3) is 12.0 Å². The molecular weight excluding hydrogens is 262 g/mol. The van der Waals surface area contributed by atoms with Crippen LogP contribution in [0.3, 0.4) is 0 Å². The SMILES string of the molecule is CCOCc1cc(=O)oc2nc(C(F)F)[nH]c(=O)c12. The lowest BCUT2D eigenvalue weighted by Crippen LogP contribution is -2.16. The number of nitrogens with one attached hydrogen (secondary N) is 1. The lowest BCUT2D eigenvalue weighted by molar-refractivity contribution is 0.134. The Morgan fingerprint density at radius 1 is 1.47 bits per heavy atom. The van der Waals surface area contributed by atoms with E-state index in [-0.39, 0.29) is 17.6 Å². The molecule has 2 aromatic rings. The normalized spacial score (nSPS) is 11.4. The maximum absolute atomic E-state index is 12.5. The van der Waals surface area contributed by atoms with Crippen molar-refractivity contribution in [3.8, 4) is 0 Å². The van der Waals surface area contributed by atoms with Crippen LogP contribution >= 0.6 is 0 Å². The standard InChI is InChI=1S/C11H10F2N2O4/c1-2-18-4-5-3-6(16)19-11-7(5)10(17)14-9(15-11)8(12)13/h3,8H,2,4H2,1H3,(H,14,15,17). The highest BCUT2D eigenvalue weighted by Crippen LogP contribution is 2.17. The van der Waals surface area contributed by atoms with Crippen LogP contribution in [-0.2, 0) is 11.3 Å². The quantitative estimate of drug-likeness (QED) is 0.908. The van der Waals surface area contributed by atoms with E-state index in [0.29, 0.717) is 6.61 Å². The fraction of sp³-hybridized carbons (Fsp3) is 0.364. The molecule has 0 atom stereocenters. The number of aromatic amines is 1. The maximum Gasteiger partial charge on any atom is 0.337 e. The number of alkyl halides is 2. The molecule has 0 saturated carbocycles. The van der Waals surface area contributed by atoms with Crippen molar-refractivity contribution >= 4 is 11.1 Å². The van der Waals surface area contributed by atoms with Crippen molar-refractivity contribution in [2.24, 2.45) is 0 Å². The summed E-state index contributed by atoms with van der Waals surface area (Å²) in [4.78, 5) is 28.4. The largest absolute Gasteiger partial charge is 0.403 e. The van der Waals surface area contributed by atoms with Crippen molar-refractivity contribution in [3.63, 3.8) is 0 Å². The second-order valence-corrected chi connectivity index (χ2v) is 3.66. The highest BCUT2D eigenvalue weighted by Gasteiger charge is 2.17. The molecule has 0 saturated heterocycles. The minimum Gasteiger partial charge on any atom is -0.403 e. The Kier molecular flexibility index (Phi) is 3.70. The zero-order chi connectivity index (χ0) is 14.0. The first kappa shape index (κ1) is 13.3. The minimum absolute atomic E-state index is 0.00259. The number of halogens is 2. The second-order valence-electron chi connectivity index (χ2n) is 3.66. The molecule has 1 N–H and O–H groups in total. The molecule has 0 fully saturated rings. The summed E-state index contributed by atoms with van der Waals surface area (Å²) in [6.07, 6.45) is -2.96. The first-order valence-electron chi connectivity index (χ1n) is 5.45. The van der Waals surface area contributed by atoms with Crippen LogP contribution in [0.4, 0.5) is 8.78 Å². The summed E-state index contributed by atoms with van der Waals surface area (Å²) < 4.78 is 34.8. The van der Waals surface area contributed by atoms with Crippen LogP contribution in [-0.4, -0.2) is 16.6 Å². The number of H-pyrrole nitrogens is 1. The molecule has 2 rings (SSSR count). The van der Waals surface area contributed by atoms with Gasteiger partial charge in [0, 0.05) is 18.2 Å². The van der Waals surface area contributed by atoms with Crippen LogP contribution in [0.5, 0.6) is 0 Å². The molecule has 6 nitrogen and oxygen atoms in total. The lowest BCUT2D eigenvalue weighted by atomic mass is 10.2. The Bertz CT molecular complexity index is 708. The number of nitrogens with zero attached hydrogens (tertiary/aromatic N) is 1. The molecule has 0 aromatic carbocycles. The Labute approximate surface area is 105 Å². The van der Waals surface area contributed by atoms with E-state index in [1.165, 1.54) is 0 Å². The molecule has 0 bridgehead atoms. The third-order valence-electron chi connectivity index (χ3n) is 2.38. The number of rotatable bonds is 4. The van der Waals surface area contributed by atoms with Crippen molar-refractivity contribution in [1.29, 1.82) is 0 Å². The van der Waals surface area contributed by atoms with E-state index in [1.54, 1.807) is 6.92 Å². The van der Waals surface area contributed by atoms with E-state index in [1.807, 2.05) is 4.98 Å². The summed E-state index contributed by atoms with van der Waals surface area (Å²) in [6.45, 7) is 2.12. The van der Waals surface area contributed by atoms with Gasteiger partial charge >= 0.3 is 5.63 Å². The van der Waals surface area contributed by atoms with E-state index in [9.17, 15) is 18.4 Å². The van der Waals surface area contributed by atoms with E-state index in [0.717, 1.165) is 6.07 Å². The summed E-state index contributed by atoms with van der Waals surface area (Å²) in [7, 11) is 0. The molecule has 8 heteroatoms. The van der Waals surface area contributed by atoms with Crippen molar-refractivity contribution in [3.05, 3.63) is 38.2 Å². The molecule has 0 radical (unpaired) electrons. The van der Waals surface area contributed by atoms with Crippen LogP contribution < -0.4 is 11.2 Å². The van der Waals surface area contributed by atoms with Gasteiger partial charge in [0.1, 0.15) is 5.39 Å². The highest BCUT2D eigenvalue weighted by molar-refractivity contribution is 5.75.